The maximum Gasteiger partial charge on any atom is 0.257 e. The fraction of sp³-hybridized carbons (Fsp3) is 0.325. The molecular formula is C40H34ClFN6O3S. The molecular weight excluding hydrogens is 699 g/mol. The molecule has 6 aromatic rings. The van der Waals surface area contributed by atoms with Crippen molar-refractivity contribution in [3.63, 3.8) is 0 Å². The molecule has 0 spiro atoms. The molecule has 0 saturated carbocycles. The molecule has 2 aliphatic heterocycles. The molecule has 2 aliphatic carbocycles. The number of hydrogen-bond acceptors (Lipinski definition) is 9. The Balaban J connectivity index is 1.14. The number of fused-ring (bicyclic) bond motifs is 6. The van der Waals surface area contributed by atoms with Crippen LogP contribution in [-0.4, -0.2) is 44.6 Å². The number of benzene rings is 2. The Morgan fingerprint density at radius 2 is 1.94 bits per heavy atom. The average Bonchev–Trinajstić information content (AvgIpc) is 3.99. The summed E-state index contributed by atoms with van der Waals surface area (Å²) in [5.74, 6) is 1.75. The topological polar surface area (TPSA) is 106 Å². The van der Waals surface area contributed by atoms with Crippen LogP contribution in [0.5, 0.6) is 5.75 Å². The molecule has 1 unspecified atom stereocenters. The highest BCUT2D eigenvalue weighted by Gasteiger charge is 2.45. The second-order valence-corrected chi connectivity index (χ2v) is 15.7. The highest BCUT2D eigenvalue weighted by molar-refractivity contribution is 7.23. The fourth-order valence-corrected chi connectivity index (χ4v) is 10.4. The SMILES string of the molecule is COc1c(F)ccc2c1CC[C@@H]2Nc1nccc2cc(-c3c4c(nc(C[C@@H]5CCc6cc(Cl)ccc65)c3-c3nnc(C)o3)C3CCCN3C4=O)sc12. The first kappa shape index (κ1) is 31.8. The second kappa shape index (κ2) is 12.1. The van der Waals surface area contributed by atoms with Crippen molar-refractivity contribution in [1.82, 2.24) is 25.1 Å². The lowest BCUT2D eigenvalue weighted by atomic mass is 9.89. The van der Waals surface area contributed by atoms with Crippen LogP contribution in [0, 0.1) is 12.7 Å². The monoisotopic (exact) mass is 732 g/mol. The van der Waals surface area contributed by atoms with Gasteiger partial charge in [-0.15, -0.1) is 21.5 Å². The lowest BCUT2D eigenvalue weighted by molar-refractivity contribution is 0.0776. The van der Waals surface area contributed by atoms with Crippen LogP contribution < -0.4 is 10.1 Å². The number of hydrogen-bond donors (Lipinski definition) is 1. The summed E-state index contributed by atoms with van der Waals surface area (Å²) in [6, 6.07) is 13.5. The van der Waals surface area contributed by atoms with Crippen molar-refractivity contribution in [2.24, 2.45) is 0 Å². The zero-order valence-electron chi connectivity index (χ0n) is 28.6. The van der Waals surface area contributed by atoms with Gasteiger partial charge >= 0.3 is 0 Å². The highest BCUT2D eigenvalue weighted by atomic mass is 35.5. The van der Waals surface area contributed by atoms with Crippen LogP contribution >= 0.6 is 22.9 Å². The van der Waals surface area contributed by atoms with Gasteiger partial charge in [-0.1, -0.05) is 23.7 Å². The highest BCUT2D eigenvalue weighted by Crippen LogP contribution is 2.52. The zero-order valence-corrected chi connectivity index (χ0v) is 30.2. The number of carbonyl (C=O) groups excluding carboxylic acids is 1. The number of amides is 1. The first-order valence-corrected chi connectivity index (χ1v) is 19.0. The van der Waals surface area contributed by atoms with Gasteiger partial charge in [0.2, 0.25) is 11.8 Å². The predicted octanol–water partition coefficient (Wildman–Crippen LogP) is 9.18. The molecule has 2 aromatic carbocycles. The molecule has 0 radical (unpaired) electrons. The third kappa shape index (κ3) is 4.89. The number of ether oxygens (including phenoxy) is 1. The van der Waals surface area contributed by atoms with Crippen LogP contribution in [0.4, 0.5) is 10.2 Å². The fourth-order valence-electron chi connectivity index (χ4n) is 9.06. The van der Waals surface area contributed by atoms with Crippen LogP contribution in [0.1, 0.15) is 93.6 Å². The van der Waals surface area contributed by atoms with E-state index < -0.39 is 0 Å². The molecule has 4 aromatic heterocycles. The number of nitrogens with one attached hydrogen (secondary N) is 1. The lowest BCUT2D eigenvalue weighted by Gasteiger charge is -2.19. The van der Waals surface area contributed by atoms with Gasteiger partial charge in [-0.05, 0) is 103 Å². The lowest BCUT2D eigenvalue weighted by Crippen LogP contribution is -2.22. The van der Waals surface area contributed by atoms with Crippen LogP contribution in [0.2, 0.25) is 5.02 Å². The molecule has 4 aliphatic rings. The van der Waals surface area contributed by atoms with E-state index in [1.807, 2.05) is 23.1 Å². The van der Waals surface area contributed by atoms with Crippen molar-refractivity contribution < 1.29 is 18.3 Å². The number of methoxy groups -OCH3 is 1. The predicted molar refractivity (Wildman–Crippen MR) is 198 cm³/mol. The quantitative estimate of drug-likeness (QED) is 0.173. The van der Waals surface area contributed by atoms with E-state index >= 15 is 0 Å². The Morgan fingerprint density at radius 1 is 1.06 bits per heavy atom. The van der Waals surface area contributed by atoms with Crippen LogP contribution in [0.15, 0.2) is 53.1 Å². The number of aryl methyl sites for hydroxylation is 2. The molecule has 1 N–H and O–H groups in total. The standard InChI is InChI=1S/C40H34ClFN6O3S/c1-19-46-47-39(51-19)32-29(17-21-6-5-20-16-23(41)7-8-24(20)21)44-35-30-4-3-15-48(30)40(49)34(35)33(32)31-18-22-13-14-43-38(37(22)52-31)45-28-12-10-26-25(28)9-11-27(42)36(26)50-2/h7-9,11,13-14,16,18,21,28,30H,3-6,10,12,15,17H2,1-2H3,(H,43,45)/t21-,28-,30?/m0/s1. The van der Waals surface area contributed by atoms with E-state index in [1.165, 1.54) is 24.3 Å². The summed E-state index contributed by atoms with van der Waals surface area (Å²) in [4.78, 5) is 27.4. The number of anilines is 1. The van der Waals surface area contributed by atoms with Gasteiger partial charge in [0.1, 0.15) is 5.82 Å². The first-order valence-electron chi connectivity index (χ1n) is 17.8. The van der Waals surface area contributed by atoms with E-state index in [9.17, 15) is 9.18 Å². The van der Waals surface area contributed by atoms with E-state index in [0.717, 1.165) is 91.5 Å². The Labute approximate surface area is 308 Å². The minimum atomic E-state index is -0.349. The normalized spacial score (nSPS) is 20.0. The van der Waals surface area contributed by atoms with Crippen molar-refractivity contribution in [2.45, 2.75) is 69.9 Å². The molecule has 1 amide bonds. The number of carbonyl (C=O) groups is 1. The third-order valence-electron chi connectivity index (χ3n) is 11.3. The smallest absolute Gasteiger partial charge is 0.257 e. The summed E-state index contributed by atoms with van der Waals surface area (Å²) in [5.41, 5.74) is 8.34. The third-order valence-corrected chi connectivity index (χ3v) is 12.7. The molecule has 262 valence electrons. The van der Waals surface area contributed by atoms with Crippen molar-refractivity contribution >= 4 is 44.7 Å². The van der Waals surface area contributed by atoms with Gasteiger partial charge in [0.15, 0.2) is 11.6 Å². The van der Waals surface area contributed by atoms with Gasteiger partial charge in [-0.25, -0.2) is 9.37 Å². The van der Waals surface area contributed by atoms with E-state index in [1.54, 1.807) is 24.5 Å². The minimum absolute atomic E-state index is 0.00237. The van der Waals surface area contributed by atoms with E-state index in [0.29, 0.717) is 42.5 Å². The maximum absolute atomic E-state index is 14.5. The van der Waals surface area contributed by atoms with E-state index in [4.69, 9.17) is 30.7 Å². The van der Waals surface area contributed by atoms with Gasteiger partial charge in [-0.3, -0.25) is 9.78 Å². The molecule has 10 rings (SSSR count). The average molecular weight is 733 g/mol. The van der Waals surface area contributed by atoms with Gasteiger partial charge in [0.25, 0.3) is 5.91 Å². The maximum atomic E-state index is 14.5. The summed E-state index contributed by atoms with van der Waals surface area (Å²) >= 11 is 7.98. The second-order valence-electron chi connectivity index (χ2n) is 14.2. The first-order chi connectivity index (χ1) is 25.4. The summed E-state index contributed by atoms with van der Waals surface area (Å²) in [6.07, 6.45) is 7.73. The van der Waals surface area contributed by atoms with E-state index in [2.05, 4.69) is 33.7 Å². The number of pyridine rings is 2. The van der Waals surface area contributed by atoms with Gasteiger partial charge in [-0.2, -0.15) is 0 Å². The molecule has 1 fully saturated rings. The Hall–Kier alpha value is -4.87. The number of nitrogens with zero attached hydrogens (tertiary/aromatic N) is 5. The number of rotatable bonds is 7. The Kier molecular flexibility index (Phi) is 7.41. The van der Waals surface area contributed by atoms with Crippen LogP contribution in [-0.2, 0) is 19.3 Å². The number of aromatic nitrogens is 4. The van der Waals surface area contributed by atoms with Gasteiger partial charge < -0.3 is 19.4 Å². The Bertz CT molecular complexity index is 2460. The van der Waals surface area contributed by atoms with Crippen molar-refractivity contribution in [3.8, 4) is 27.6 Å². The van der Waals surface area contributed by atoms with Crippen LogP contribution in [0.3, 0.4) is 0 Å². The summed E-state index contributed by atoms with van der Waals surface area (Å²) in [6.45, 7) is 2.49. The molecule has 0 bridgehead atoms. The molecule has 9 nitrogen and oxygen atoms in total. The van der Waals surface area contributed by atoms with Crippen molar-refractivity contribution in [2.75, 3.05) is 19.0 Å². The van der Waals surface area contributed by atoms with Gasteiger partial charge in [0, 0.05) is 40.7 Å². The minimum Gasteiger partial charge on any atom is -0.493 e. The molecule has 1 saturated heterocycles. The van der Waals surface area contributed by atoms with Crippen molar-refractivity contribution in [1.29, 1.82) is 0 Å². The molecule has 52 heavy (non-hydrogen) atoms. The number of thiophene rings is 1. The molecule has 6 heterocycles. The van der Waals surface area contributed by atoms with Gasteiger partial charge in [0.05, 0.1) is 46.4 Å². The summed E-state index contributed by atoms with van der Waals surface area (Å²) in [5, 5.41) is 14.2. The van der Waals surface area contributed by atoms with Crippen LogP contribution in [0.25, 0.3) is 32.0 Å². The Morgan fingerprint density at radius 3 is 2.79 bits per heavy atom. The molecule has 12 heteroatoms. The summed E-state index contributed by atoms with van der Waals surface area (Å²) in [7, 11) is 1.51. The number of halogens is 2. The summed E-state index contributed by atoms with van der Waals surface area (Å²) < 4.78 is 27.1. The zero-order chi connectivity index (χ0) is 35.2. The van der Waals surface area contributed by atoms with E-state index in [-0.39, 0.29) is 29.7 Å². The van der Waals surface area contributed by atoms with Crippen molar-refractivity contribution in [3.05, 3.63) is 105 Å². The largest absolute Gasteiger partial charge is 0.493 e. The molecule has 3 atom stereocenters.